The Hall–Kier alpha value is -1.10. The summed E-state index contributed by atoms with van der Waals surface area (Å²) in [4.78, 5) is 2.60. The summed E-state index contributed by atoms with van der Waals surface area (Å²) in [6, 6.07) is 6.48. The molecule has 0 radical (unpaired) electrons. The van der Waals surface area contributed by atoms with Crippen LogP contribution in [0.4, 0.5) is 0 Å². The smallest absolute Gasteiger partial charge is 0.124 e. The third-order valence-corrected chi connectivity index (χ3v) is 5.13. The Labute approximate surface area is 133 Å². The SMILES string of the molecule is COCc1cc(CN2CCC3(CCCNC3)C2)ccc1OC. The number of methoxy groups -OCH3 is 2. The lowest BCUT2D eigenvalue weighted by molar-refractivity contribution is 0.181. The Morgan fingerprint density at radius 3 is 2.91 bits per heavy atom. The minimum atomic E-state index is 0.528. The third-order valence-electron chi connectivity index (χ3n) is 5.13. The molecular weight excluding hydrogens is 276 g/mol. The first kappa shape index (κ1) is 15.8. The van der Waals surface area contributed by atoms with E-state index in [1.807, 2.05) is 0 Å². The minimum absolute atomic E-state index is 0.528. The van der Waals surface area contributed by atoms with Crippen LogP contribution in [0.3, 0.4) is 0 Å². The van der Waals surface area contributed by atoms with E-state index in [4.69, 9.17) is 9.47 Å². The second kappa shape index (κ2) is 6.99. The molecule has 4 heteroatoms. The maximum atomic E-state index is 5.41. The van der Waals surface area contributed by atoms with Gasteiger partial charge in [0.1, 0.15) is 5.75 Å². The number of hydrogen-bond donors (Lipinski definition) is 1. The Morgan fingerprint density at radius 2 is 2.18 bits per heavy atom. The summed E-state index contributed by atoms with van der Waals surface area (Å²) in [5.41, 5.74) is 3.02. The standard InChI is InChI=1S/C18H28N2O2/c1-21-12-16-10-15(4-5-17(16)22-2)11-20-9-7-18(14-20)6-3-8-19-13-18/h4-5,10,19H,3,6-9,11-14H2,1-2H3. The summed E-state index contributed by atoms with van der Waals surface area (Å²) in [7, 11) is 3.45. The van der Waals surface area contributed by atoms with Crippen molar-refractivity contribution in [2.75, 3.05) is 40.4 Å². The van der Waals surface area contributed by atoms with Crippen LogP contribution in [0.15, 0.2) is 18.2 Å². The highest BCUT2D eigenvalue weighted by Gasteiger charge is 2.38. The van der Waals surface area contributed by atoms with Crippen LogP contribution in [0, 0.1) is 5.41 Å². The van der Waals surface area contributed by atoms with E-state index in [2.05, 4.69) is 28.4 Å². The molecular formula is C18H28N2O2. The number of piperidine rings is 1. The first-order valence-corrected chi connectivity index (χ1v) is 8.32. The number of hydrogen-bond acceptors (Lipinski definition) is 4. The lowest BCUT2D eigenvalue weighted by Crippen LogP contribution is -2.41. The molecule has 1 spiro atoms. The van der Waals surface area contributed by atoms with Crippen molar-refractivity contribution in [3.8, 4) is 5.75 Å². The molecule has 2 saturated heterocycles. The molecule has 122 valence electrons. The van der Waals surface area contributed by atoms with Crippen molar-refractivity contribution in [3.05, 3.63) is 29.3 Å². The maximum absolute atomic E-state index is 5.41. The van der Waals surface area contributed by atoms with Crippen LogP contribution in [0.1, 0.15) is 30.4 Å². The Balaban J connectivity index is 1.65. The molecule has 22 heavy (non-hydrogen) atoms. The van der Waals surface area contributed by atoms with Crippen LogP contribution in [0.2, 0.25) is 0 Å². The summed E-state index contributed by atoms with van der Waals surface area (Å²) >= 11 is 0. The van der Waals surface area contributed by atoms with Crippen LogP contribution < -0.4 is 10.1 Å². The van der Waals surface area contributed by atoms with Gasteiger partial charge in [-0.2, -0.15) is 0 Å². The van der Waals surface area contributed by atoms with E-state index in [1.165, 1.54) is 51.0 Å². The number of benzene rings is 1. The zero-order valence-corrected chi connectivity index (χ0v) is 13.9. The first-order chi connectivity index (χ1) is 10.7. The van der Waals surface area contributed by atoms with E-state index in [0.717, 1.165) is 17.9 Å². The molecule has 0 saturated carbocycles. The Bertz CT molecular complexity index is 498. The number of ether oxygens (including phenoxy) is 2. The molecule has 3 rings (SSSR count). The van der Waals surface area contributed by atoms with E-state index >= 15 is 0 Å². The van der Waals surface area contributed by atoms with Crippen molar-refractivity contribution in [1.29, 1.82) is 0 Å². The molecule has 0 bridgehead atoms. The van der Waals surface area contributed by atoms with E-state index in [1.54, 1.807) is 14.2 Å². The number of nitrogens with zero attached hydrogens (tertiary/aromatic N) is 1. The topological polar surface area (TPSA) is 33.7 Å². The molecule has 2 fully saturated rings. The molecule has 0 aliphatic carbocycles. The van der Waals surface area contributed by atoms with Crippen molar-refractivity contribution in [2.24, 2.45) is 5.41 Å². The minimum Gasteiger partial charge on any atom is -0.496 e. The van der Waals surface area contributed by atoms with Gasteiger partial charge in [0.2, 0.25) is 0 Å². The molecule has 1 unspecified atom stereocenters. The van der Waals surface area contributed by atoms with Gasteiger partial charge in [-0.3, -0.25) is 4.90 Å². The molecule has 1 aromatic rings. The van der Waals surface area contributed by atoms with Crippen LogP contribution in [0.25, 0.3) is 0 Å². The first-order valence-electron chi connectivity index (χ1n) is 8.32. The fourth-order valence-corrected chi connectivity index (χ4v) is 4.00. The van der Waals surface area contributed by atoms with Crippen molar-refractivity contribution >= 4 is 0 Å². The van der Waals surface area contributed by atoms with Crippen LogP contribution in [-0.2, 0) is 17.9 Å². The number of likely N-dealkylation sites (tertiary alicyclic amines) is 1. The normalized spacial score (nSPS) is 25.7. The van der Waals surface area contributed by atoms with Crippen molar-refractivity contribution in [3.63, 3.8) is 0 Å². The van der Waals surface area contributed by atoms with E-state index in [9.17, 15) is 0 Å². The average Bonchev–Trinajstić information content (AvgIpc) is 2.91. The zero-order valence-electron chi connectivity index (χ0n) is 13.9. The molecule has 0 amide bonds. The highest BCUT2D eigenvalue weighted by Crippen LogP contribution is 2.37. The second-order valence-electron chi connectivity index (χ2n) is 6.82. The molecule has 2 aliphatic rings. The highest BCUT2D eigenvalue weighted by atomic mass is 16.5. The lowest BCUT2D eigenvalue weighted by atomic mass is 9.80. The van der Waals surface area contributed by atoms with Crippen molar-refractivity contribution in [2.45, 2.75) is 32.4 Å². The van der Waals surface area contributed by atoms with Crippen molar-refractivity contribution in [1.82, 2.24) is 10.2 Å². The van der Waals surface area contributed by atoms with Gasteiger partial charge in [-0.25, -0.2) is 0 Å². The van der Waals surface area contributed by atoms with Gasteiger partial charge in [-0.15, -0.1) is 0 Å². The van der Waals surface area contributed by atoms with Gasteiger partial charge in [0.25, 0.3) is 0 Å². The van der Waals surface area contributed by atoms with Gasteiger partial charge in [-0.05, 0) is 55.5 Å². The van der Waals surface area contributed by atoms with Crippen LogP contribution in [0.5, 0.6) is 5.75 Å². The quantitative estimate of drug-likeness (QED) is 0.906. The number of rotatable bonds is 5. The molecule has 2 heterocycles. The largest absolute Gasteiger partial charge is 0.496 e. The fourth-order valence-electron chi connectivity index (χ4n) is 4.00. The molecule has 1 aromatic carbocycles. The molecule has 1 N–H and O–H groups in total. The van der Waals surface area contributed by atoms with Gasteiger partial charge < -0.3 is 14.8 Å². The predicted molar refractivity (Wildman–Crippen MR) is 88.1 cm³/mol. The Kier molecular flexibility index (Phi) is 5.01. The second-order valence-corrected chi connectivity index (χ2v) is 6.82. The summed E-state index contributed by atoms with van der Waals surface area (Å²) in [6.45, 7) is 6.47. The zero-order chi connectivity index (χ0) is 15.4. The van der Waals surface area contributed by atoms with Crippen LogP contribution in [-0.4, -0.2) is 45.3 Å². The lowest BCUT2D eigenvalue weighted by Gasteiger charge is -2.34. The maximum Gasteiger partial charge on any atom is 0.124 e. The average molecular weight is 304 g/mol. The summed E-state index contributed by atoms with van der Waals surface area (Å²) < 4.78 is 10.7. The Morgan fingerprint density at radius 1 is 1.27 bits per heavy atom. The van der Waals surface area contributed by atoms with Crippen LogP contribution >= 0.6 is 0 Å². The molecule has 2 aliphatic heterocycles. The highest BCUT2D eigenvalue weighted by molar-refractivity contribution is 5.37. The van der Waals surface area contributed by atoms with Gasteiger partial charge in [0.05, 0.1) is 13.7 Å². The molecule has 1 atom stereocenters. The molecule has 4 nitrogen and oxygen atoms in total. The predicted octanol–water partition coefficient (Wildman–Crippen LogP) is 2.42. The van der Waals surface area contributed by atoms with Gasteiger partial charge in [0, 0.05) is 32.3 Å². The summed E-state index contributed by atoms with van der Waals surface area (Å²) in [6.07, 6.45) is 4.05. The van der Waals surface area contributed by atoms with Gasteiger partial charge >= 0.3 is 0 Å². The van der Waals surface area contributed by atoms with Gasteiger partial charge in [-0.1, -0.05) is 6.07 Å². The summed E-state index contributed by atoms with van der Waals surface area (Å²) in [5.74, 6) is 0.917. The summed E-state index contributed by atoms with van der Waals surface area (Å²) in [5, 5.41) is 3.58. The van der Waals surface area contributed by atoms with E-state index in [-0.39, 0.29) is 0 Å². The monoisotopic (exact) mass is 304 g/mol. The third kappa shape index (κ3) is 3.45. The van der Waals surface area contributed by atoms with E-state index in [0.29, 0.717) is 12.0 Å². The number of nitrogens with one attached hydrogen (secondary N) is 1. The van der Waals surface area contributed by atoms with Crippen molar-refractivity contribution < 1.29 is 9.47 Å². The van der Waals surface area contributed by atoms with Gasteiger partial charge in [0.15, 0.2) is 0 Å². The van der Waals surface area contributed by atoms with E-state index < -0.39 is 0 Å². The fraction of sp³-hybridized carbons (Fsp3) is 0.667. The molecule has 0 aromatic heterocycles.